The van der Waals surface area contributed by atoms with Gasteiger partial charge in [-0.15, -0.1) is 0 Å². The zero-order valence-corrected chi connectivity index (χ0v) is 12.1. The highest BCUT2D eigenvalue weighted by Gasteiger charge is 2.18. The third-order valence-corrected chi connectivity index (χ3v) is 3.87. The summed E-state index contributed by atoms with van der Waals surface area (Å²) in [5.41, 5.74) is 7.06. The molecule has 4 N–H and O–H groups in total. The number of nitrogens with one attached hydrogen (secondary N) is 2. The fourth-order valence-corrected chi connectivity index (χ4v) is 2.49. The van der Waals surface area contributed by atoms with E-state index in [0.29, 0.717) is 11.6 Å². The zero-order valence-electron chi connectivity index (χ0n) is 12.1. The summed E-state index contributed by atoms with van der Waals surface area (Å²) in [4.78, 5) is 14.2. The number of carbonyl (C=O) groups is 1. The summed E-state index contributed by atoms with van der Waals surface area (Å²) in [7, 11) is 0. The normalized spacial score (nSPS) is 16.9. The lowest BCUT2D eigenvalue weighted by molar-refractivity contribution is 0.190. The molecular weight excluding hydrogens is 252 g/mol. The number of hydrogen-bond donors (Lipinski definition) is 3. The van der Waals surface area contributed by atoms with E-state index < -0.39 is 0 Å². The van der Waals surface area contributed by atoms with Gasteiger partial charge in [0.2, 0.25) is 0 Å². The van der Waals surface area contributed by atoms with Crippen LogP contribution in [0.5, 0.6) is 0 Å². The van der Waals surface area contributed by atoms with Crippen LogP contribution in [0.1, 0.15) is 19.8 Å². The molecule has 0 aromatic heterocycles. The molecule has 0 unspecified atom stereocenters. The summed E-state index contributed by atoms with van der Waals surface area (Å²) in [5, 5.41) is 5.76. The quantitative estimate of drug-likeness (QED) is 0.738. The van der Waals surface area contributed by atoms with Gasteiger partial charge in [0.15, 0.2) is 0 Å². The van der Waals surface area contributed by atoms with Crippen LogP contribution in [0, 0.1) is 5.92 Å². The van der Waals surface area contributed by atoms with Gasteiger partial charge in [-0.3, -0.25) is 0 Å². The van der Waals surface area contributed by atoms with Crippen LogP contribution in [0.4, 0.5) is 16.2 Å². The number of nitrogens with two attached hydrogens (primary N) is 1. The van der Waals surface area contributed by atoms with E-state index in [-0.39, 0.29) is 6.03 Å². The number of nitrogen functional groups attached to an aromatic ring is 1. The molecule has 0 saturated carbocycles. The van der Waals surface area contributed by atoms with Gasteiger partial charge in [-0.1, -0.05) is 6.92 Å². The van der Waals surface area contributed by atoms with E-state index in [1.165, 1.54) is 0 Å². The first-order valence-corrected chi connectivity index (χ1v) is 7.30. The molecule has 2 amide bonds. The molecule has 5 heteroatoms. The monoisotopic (exact) mass is 276 g/mol. The van der Waals surface area contributed by atoms with Gasteiger partial charge in [0.1, 0.15) is 0 Å². The molecule has 1 aliphatic heterocycles. The van der Waals surface area contributed by atoms with Crippen molar-refractivity contribution in [3.8, 4) is 0 Å². The minimum atomic E-state index is -0.146. The van der Waals surface area contributed by atoms with E-state index in [1.54, 1.807) is 24.3 Å². The van der Waals surface area contributed by atoms with Crippen molar-refractivity contribution in [3.63, 3.8) is 0 Å². The van der Waals surface area contributed by atoms with E-state index >= 15 is 0 Å². The molecule has 1 aromatic carbocycles. The standard InChI is InChI=1S/C15H24N4O/c1-2-19-9-7-12(8-10-19)11-17-15(20)18-14-5-3-13(16)4-6-14/h3-6,12H,2,7-11,16H2,1H3,(H2,17,18,20). The lowest BCUT2D eigenvalue weighted by Gasteiger charge is -2.31. The number of nitrogens with zero attached hydrogens (tertiary/aromatic N) is 1. The van der Waals surface area contributed by atoms with E-state index in [2.05, 4.69) is 22.5 Å². The highest BCUT2D eigenvalue weighted by molar-refractivity contribution is 5.89. The smallest absolute Gasteiger partial charge is 0.319 e. The maximum atomic E-state index is 11.8. The highest BCUT2D eigenvalue weighted by Crippen LogP contribution is 2.16. The number of hydrogen-bond acceptors (Lipinski definition) is 3. The minimum Gasteiger partial charge on any atom is -0.399 e. The lowest BCUT2D eigenvalue weighted by atomic mass is 9.97. The second-order valence-corrected chi connectivity index (χ2v) is 5.33. The van der Waals surface area contributed by atoms with Crippen LogP contribution in [0.15, 0.2) is 24.3 Å². The fraction of sp³-hybridized carbons (Fsp3) is 0.533. The lowest BCUT2D eigenvalue weighted by Crippen LogP contribution is -2.39. The molecule has 1 aliphatic rings. The van der Waals surface area contributed by atoms with Gasteiger partial charge in [0.05, 0.1) is 0 Å². The Hall–Kier alpha value is -1.75. The molecule has 1 aromatic rings. The Kier molecular flexibility index (Phi) is 5.24. The first-order valence-electron chi connectivity index (χ1n) is 7.30. The van der Waals surface area contributed by atoms with Crippen molar-refractivity contribution < 1.29 is 4.79 Å². The first-order chi connectivity index (χ1) is 9.67. The van der Waals surface area contributed by atoms with Gasteiger partial charge in [-0.25, -0.2) is 4.79 Å². The number of amides is 2. The van der Waals surface area contributed by atoms with Crippen molar-refractivity contribution in [1.82, 2.24) is 10.2 Å². The van der Waals surface area contributed by atoms with Gasteiger partial charge < -0.3 is 21.3 Å². The molecule has 1 heterocycles. The topological polar surface area (TPSA) is 70.4 Å². The molecule has 1 fully saturated rings. The molecule has 0 bridgehead atoms. The second kappa shape index (κ2) is 7.14. The van der Waals surface area contributed by atoms with Crippen LogP contribution >= 0.6 is 0 Å². The number of piperidine rings is 1. The maximum Gasteiger partial charge on any atom is 0.319 e. The third-order valence-electron chi connectivity index (χ3n) is 3.87. The van der Waals surface area contributed by atoms with E-state index in [4.69, 9.17) is 5.73 Å². The molecule has 0 atom stereocenters. The Labute approximate surface area is 120 Å². The molecular formula is C15H24N4O. The van der Waals surface area contributed by atoms with Crippen LogP contribution < -0.4 is 16.4 Å². The molecule has 1 saturated heterocycles. The van der Waals surface area contributed by atoms with Crippen molar-refractivity contribution in [2.75, 3.05) is 37.2 Å². The van der Waals surface area contributed by atoms with Crippen LogP contribution in [-0.2, 0) is 0 Å². The average molecular weight is 276 g/mol. The number of benzene rings is 1. The molecule has 0 spiro atoms. The number of anilines is 2. The maximum absolute atomic E-state index is 11.8. The highest BCUT2D eigenvalue weighted by atomic mass is 16.2. The van der Waals surface area contributed by atoms with E-state index in [9.17, 15) is 4.79 Å². The largest absolute Gasteiger partial charge is 0.399 e. The zero-order chi connectivity index (χ0) is 14.4. The Balaban J connectivity index is 1.69. The second-order valence-electron chi connectivity index (χ2n) is 5.33. The van der Waals surface area contributed by atoms with Gasteiger partial charge in [-0.05, 0) is 62.7 Å². The summed E-state index contributed by atoms with van der Waals surface area (Å²) in [6.07, 6.45) is 2.33. The average Bonchev–Trinajstić information content (AvgIpc) is 2.48. The Morgan fingerprint density at radius 3 is 2.55 bits per heavy atom. The molecule has 0 radical (unpaired) electrons. The summed E-state index contributed by atoms with van der Waals surface area (Å²) in [6, 6.07) is 7.00. The van der Waals surface area contributed by atoms with Crippen molar-refractivity contribution >= 4 is 17.4 Å². The van der Waals surface area contributed by atoms with Gasteiger partial charge >= 0.3 is 6.03 Å². The SMILES string of the molecule is CCN1CCC(CNC(=O)Nc2ccc(N)cc2)CC1. The molecule has 110 valence electrons. The van der Waals surface area contributed by atoms with E-state index in [0.717, 1.165) is 44.7 Å². The third kappa shape index (κ3) is 4.42. The predicted octanol–water partition coefficient (Wildman–Crippen LogP) is 2.12. The summed E-state index contributed by atoms with van der Waals surface area (Å²) >= 11 is 0. The Morgan fingerprint density at radius 1 is 1.30 bits per heavy atom. The molecule has 20 heavy (non-hydrogen) atoms. The molecule has 0 aliphatic carbocycles. The molecule has 5 nitrogen and oxygen atoms in total. The van der Waals surface area contributed by atoms with Crippen LogP contribution in [0.25, 0.3) is 0 Å². The first kappa shape index (κ1) is 14.7. The van der Waals surface area contributed by atoms with Crippen LogP contribution in [0.2, 0.25) is 0 Å². The Bertz CT molecular complexity index is 424. The van der Waals surface area contributed by atoms with Crippen LogP contribution in [0.3, 0.4) is 0 Å². The van der Waals surface area contributed by atoms with Crippen molar-refractivity contribution in [1.29, 1.82) is 0 Å². The number of carbonyl (C=O) groups excluding carboxylic acids is 1. The minimum absolute atomic E-state index is 0.146. The predicted molar refractivity (Wildman–Crippen MR) is 82.7 cm³/mol. The van der Waals surface area contributed by atoms with Crippen molar-refractivity contribution in [3.05, 3.63) is 24.3 Å². The van der Waals surface area contributed by atoms with Crippen LogP contribution in [-0.4, -0.2) is 37.1 Å². The van der Waals surface area contributed by atoms with Crippen molar-refractivity contribution in [2.45, 2.75) is 19.8 Å². The number of likely N-dealkylation sites (tertiary alicyclic amines) is 1. The molecule has 2 rings (SSSR count). The van der Waals surface area contributed by atoms with Gasteiger partial charge in [0.25, 0.3) is 0 Å². The fourth-order valence-electron chi connectivity index (χ4n) is 2.49. The van der Waals surface area contributed by atoms with Crippen molar-refractivity contribution in [2.24, 2.45) is 5.92 Å². The summed E-state index contributed by atoms with van der Waals surface area (Å²) in [6.45, 7) is 6.35. The summed E-state index contributed by atoms with van der Waals surface area (Å²) in [5.74, 6) is 0.593. The summed E-state index contributed by atoms with van der Waals surface area (Å²) < 4.78 is 0. The number of rotatable bonds is 4. The van der Waals surface area contributed by atoms with Gasteiger partial charge in [-0.2, -0.15) is 0 Å². The van der Waals surface area contributed by atoms with Gasteiger partial charge in [0, 0.05) is 17.9 Å². The van der Waals surface area contributed by atoms with E-state index in [1.807, 2.05) is 0 Å². The Morgan fingerprint density at radius 2 is 1.95 bits per heavy atom. The number of urea groups is 1.